The number of benzene rings is 1. The molecule has 2 nitrogen and oxygen atoms in total. The molecule has 96 valence electrons. The van der Waals surface area contributed by atoms with Crippen LogP contribution in [0.2, 0.25) is 0 Å². The summed E-state index contributed by atoms with van der Waals surface area (Å²) < 4.78 is 5.16. The van der Waals surface area contributed by atoms with Crippen molar-refractivity contribution in [1.29, 1.82) is 0 Å². The maximum atomic E-state index is 6.46. The van der Waals surface area contributed by atoms with Crippen LogP contribution in [-0.4, -0.2) is 7.11 Å². The van der Waals surface area contributed by atoms with Crippen LogP contribution in [0, 0.1) is 6.92 Å². The highest BCUT2D eigenvalue weighted by molar-refractivity contribution is 7.10. The van der Waals surface area contributed by atoms with Crippen molar-refractivity contribution < 1.29 is 4.74 Å². The van der Waals surface area contributed by atoms with Gasteiger partial charge in [0.1, 0.15) is 5.75 Å². The van der Waals surface area contributed by atoms with Crippen molar-refractivity contribution in [3.8, 4) is 5.75 Å². The van der Waals surface area contributed by atoms with Crippen LogP contribution in [0.3, 0.4) is 0 Å². The fourth-order valence-electron chi connectivity index (χ4n) is 2.24. The van der Waals surface area contributed by atoms with Crippen LogP contribution in [0.15, 0.2) is 35.7 Å². The third-order valence-electron chi connectivity index (χ3n) is 3.20. The molecule has 0 amide bonds. The maximum Gasteiger partial charge on any atom is 0.118 e. The molecule has 0 radical (unpaired) electrons. The molecule has 1 aromatic heterocycles. The molecule has 0 saturated heterocycles. The third-order valence-corrected chi connectivity index (χ3v) is 4.05. The molecule has 2 rings (SSSR count). The molecule has 1 atom stereocenters. The highest BCUT2D eigenvalue weighted by Gasteiger charge is 2.24. The molecule has 0 spiro atoms. The van der Waals surface area contributed by atoms with Gasteiger partial charge in [0.15, 0.2) is 0 Å². The van der Waals surface area contributed by atoms with E-state index in [1.165, 1.54) is 16.0 Å². The molecule has 18 heavy (non-hydrogen) atoms. The molecule has 1 unspecified atom stereocenters. The molecular formula is C15H19NOS. The Hall–Kier alpha value is -1.32. The highest BCUT2D eigenvalue weighted by atomic mass is 32.1. The summed E-state index contributed by atoms with van der Waals surface area (Å²) in [6.07, 6.45) is 0.828. The van der Waals surface area contributed by atoms with E-state index in [4.69, 9.17) is 10.5 Å². The Labute approximate surface area is 112 Å². The molecular weight excluding hydrogens is 242 g/mol. The van der Waals surface area contributed by atoms with Crippen molar-refractivity contribution in [2.75, 3.05) is 7.11 Å². The fourth-order valence-corrected chi connectivity index (χ4v) is 3.08. The SMILES string of the molecule is COc1ccc(CC(C)(N)c2ccsc2C)cc1. The van der Waals surface area contributed by atoms with Crippen molar-refractivity contribution in [2.24, 2.45) is 5.73 Å². The van der Waals surface area contributed by atoms with Gasteiger partial charge in [-0.05, 0) is 55.0 Å². The minimum absolute atomic E-state index is 0.321. The summed E-state index contributed by atoms with van der Waals surface area (Å²) in [7, 11) is 1.68. The van der Waals surface area contributed by atoms with E-state index in [1.54, 1.807) is 18.4 Å². The van der Waals surface area contributed by atoms with E-state index in [-0.39, 0.29) is 5.54 Å². The molecule has 2 aromatic rings. The first-order valence-corrected chi connectivity index (χ1v) is 6.87. The normalized spacial score (nSPS) is 14.2. The first-order valence-electron chi connectivity index (χ1n) is 5.99. The second kappa shape index (κ2) is 5.12. The maximum absolute atomic E-state index is 6.46. The van der Waals surface area contributed by atoms with Gasteiger partial charge in [0.2, 0.25) is 0 Å². The van der Waals surface area contributed by atoms with Crippen molar-refractivity contribution in [3.63, 3.8) is 0 Å². The van der Waals surface area contributed by atoms with Crippen molar-refractivity contribution in [3.05, 3.63) is 51.7 Å². The van der Waals surface area contributed by atoms with E-state index in [9.17, 15) is 0 Å². The van der Waals surface area contributed by atoms with Gasteiger partial charge in [0.05, 0.1) is 7.11 Å². The molecule has 0 aliphatic carbocycles. The molecule has 1 heterocycles. The van der Waals surface area contributed by atoms with Gasteiger partial charge in [-0.15, -0.1) is 11.3 Å². The third kappa shape index (κ3) is 2.74. The molecule has 0 saturated carbocycles. The Morgan fingerprint density at radius 2 is 1.89 bits per heavy atom. The number of hydrogen-bond acceptors (Lipinski definition) is 3. The Bertz CT molecular complexity index is 514. The van der Waals surface area contributed by atoms with Gasteiger partial charge in [-0.2, -0.15) is 0 Å². The molecule has 0 aliphatic heterocycles. The lowest BCUT2D eigenvalue weighted by Gasteiger charge is -2.25. The average Bonchev–Trinajstić information content (AvgIpc) is 2.77. The van der Waals surface area contributed by atoms with Gasteiger partial charge in [-0.1, -0.05) is 12.1 Å². The second-order valence-electron chi connectivity index (χ2n) is 4.83. The van der Waals surface area contributed by atoms with E-state index in [0.717, 1.165) is 12.2 Å². The monoisotopic (exact) mass is 261 g/mol. The van der Waals surface area contributed by atoms with Crippen molar-refractivity contribution >= 4 is 11.3 Å². The van der Waals surface area contributed by atoms with E-state index in [2.05, 4.69) is 37.4 Å². The lowest BCUT2D eigenvalue weighted by Crippen LogP contribution is -2.35. The first kappa shape index (κ1) is 13.1. The summed E-state index contributed by atoms with van der Waals surface area (Å²) in [6, 6.07) is 10.2. The number of rotatable bonds is 4. The van der Waals surface area contributed by atoms with Crippen LogP contribution >= 0.6 is 11.3 Å². The largest absolute Gasteiger partial charge is 0.497 e. The number of thiophene rings is 1. The lowest BCUT2D eigenvalue weighted by molar-refractivity contribution is 0.414. The summed E-state index contributed by atoms with van der Waals surface area (Å²) in [5.74, 6) is 0.879. The zero-order chi connectivity index (χ0) is 13.2. The number of nitrogens with two attached hydrogens (primary N) is 1. The van der Waals surface area contributed by atoms with Gasteiger partial charge in [0.25, 0.3) is 0 Å². The molecule has 0 bridgehead atoms. The lowest BCUT2D eigenvalue weighted by atomic mass is 9.87. The molecule has 3 heteroatoms. The zero-order valence-corrected chi connectivity index (χ0v) is 11.9. The minimum Gasteiger partial charge on any atom is -0.497 e. The van der Waals surface area contributed by atoms with Crippen LogP contribution in [0.25, 0.3) is 0 Å². The number of ether oxygens (including phenoxy) is 1. The van der Waals surface area contributed by atoms with Crippen LogP contribution < -0.4 is 10.5 Å². The van der Waals surface area contributed by atoms with Crippen LogP contribution in [0.4, 0.5) is 0 Å². The summed E-state index contributed by atoms with van der Waals surface area (Å²) >= 11 is 1.75. The molecule has 0 aliphatic rings. The van der Waals surface area contributed by atoms with Crippen molar-refractivity contribution in [2.45, 2.75) is 25.8 Å². The molecule has 0 fully saturated rings. The van der Waals surface area contributed by atoms with Gasteiger partial charge in [-0.25, -0.2) is 0 Å². The number of aryl methyl sites for hydroxylation is 1. The molecule has 2 N–H and O–H groups in total. The standard InChI is InChI=1S/C15H19NOS/c1-11-14(8-9-18-11)15(2,16)10-12-4-6-13(17-3)7-5-12/h4-9H,10,16H2,1-3H3. The minimum atomic E-state index is -0.321. The van der Waals surface area contributed by atoms with E-state index < -0.39 is 0 Å². The topological polar surface area (TPSA) is 35.2 Å². The van der Waals surface area contributed by atoms with E-state index in [1.807, 2.05) is 12.1 Å². The van der Waals surface area contributed by atoms with Crippen LogP contribution in [0.1, 0.15) is 22.9 Å². The smallest absolute Gasteiger partial charge is 0.118 e. The van der Waals surface area contributed by atoms with Crippen LogP contribution in [0.5, 0.6) is 5.75 Å². The first-order chi connectivity index (χ1) is 8.53. The van der Waals surface area contributed by atoms with Gasteiger partial charge >= 0.3 is 0 Å². The quantitative estimate of drug-likeness (QED) is 0.914. The summed E-state index contributed by atoms with van der Waals surface area (Å²) in [6.45, 7) is 4.21. The Morgan fingerprint density at radius 3 is 2.39 bits per heavy atom. The summed E-state index contributed by atoms with van der Waals surface area (Å²) in [5.41, 5.74) is 8.61. The highest BCUT2D eigenvalue weighted by Crippen LogP contribution is 2.29. The number of hydrogen-bond donors (Lipinski definition) is 1. The second-order valence-corrected chi connectivity index (χ2v) is 5.95. The average molecular weight is 261 g/mol. The van der Waals surface area contributed by atoms with Crippen LogP contribution in [-0.2, 0) is 12.0 Å². The van der Waals surface area contributed by atoms with Crippen molar-refractivity contribution in [1.82, 2.24) is 0 Å². The Balaban J connectivity index is 2.19. The Morgan fingerprint density at radius 1 is 1.22 bits per heavy atom. The zero-order valence-electron chi connectivity index (χ0n) is 11.1. The van der Waals surface area contributed by atoms with E-state index >= 15 is 0 Å². The fraction of sp³-hybridized carbons (Fsp3) is 0.333. The van der Waals surface area contributed by atoms with Gasteiger partial charge in [-0.3, -0.25) is 0 Å². The van der Waals surface area contributed by atoms with E-state index in [0.29, 0.717) is 0 Å². The van der Waals surface area contributed by atoms with Gasteiger partial charge < -0.3 is 10.5 Å². The molecule has 1 aromatic carbocycles. The van der Waals surface area contributed by atoms with Gasteiger partial charge in [0, 0.05) is 10.4 Å². The summed E-state index contributed by atoms with van der Waals surface area (Å²) in [5, 5.41) is 2.10. The predicted octanol–water partition coefficient (Wildman–Crippen LogP) is 3.48. The Kier molecular flexibility index (Phi) is 3.73. The predicted molar refractivity (Wildman–Crippen MR) is 77.3 cm³/mol. The number of methoxy groups -OCH3 is 1. The summed E-state index contributed by atoms with van der Waals surface area (Å²) in [4.78, 5) is 1.30.